The zero-order valence-corrected chi connectivity index (χ0v) is 18.1. The molecule has 2 aliphatic heterocycles. The number of amides is 2. The predicted octanol–water partition coefficient (Wildman–Crippen LogP) is 3.08. The van der Waals surface area contributed by atoms with Crippen molar-refractivity contribution in [2.24, 2.45) is 5.73 Å². The maximum absolute atomic E-state index is 13.2. The number of rotatable bonds is 7. The second-order valence-electron chi connectivity index (χ2n) is 8.58. The van der Waals surface area contributed by atoms with Crippen LogP contribution in [-0.2, 0) is 25.5 Å². The average Bonchev–Trinajstić information content (AvgIpc) is 3.32. The van der Waals surface area contributed by atoms with Crippen LogP contribution < -0.4 is 5.73 Å². The zero-order chi connectivity index (χ0) is 22.6. The van der Waals surface area contributed by atoms with Crippen LogP contribution in [0.2, 0.25) is 0 Å². The van der Waals surface area contributed by atoms with Gasteiger partial charge in [-0.2, -0.15) is 0 Å². The third kappa shape index (κ3) is 5.16. The van der Waals surface area contributed by atoms with E-state index in [0.29, 0.717) is 19.4 Å². The van der Waals surface area contributed by atoms with Gasteiger partial charge in [0.25, 0.3) is 5.91 Å². The maximum Gasteiger partial charge on any atom is 0.251 e. The highest BCUT2D eigenvalue weighted by Gasteiger charge is 2.43. The molecule has 0 unspecified atom stereocenters. The molecule has 0 radical (unpaired) electrons. The van der Waals surface area contributed by atoms with Gasteiger partial charge in [-0.25, -0.2) is 4.39 Å². The van der Waals surface area contributed by atoms with E-state index in [1.165, 1.54) is 12.1 Å². The van der Waals surface area contributed by atoms with E-state index in [1.54, 1.807) is 17.0 Å². The minimum atomic E-state index is -1.25. The molecule has 0 aromatic heterocycles. The molecule has 170 valence electrons. The van der Waals surface area contributed by atoms with Crippen molar-refractivity contribution in [1.29, 1.82) is 0 Å². The van der Waals surface area contributed by atoms with Crippen LogP contribution in [-0.4, -0.2) is 54.7 Å². The van der Waals surface area contributed by atoms with Gasteiger partial charge in [0, 0.05) is 26.0 Å². The number of nitrogens with zero attached hydrogens (tertiary/aromatic N) is 1. The first-order chi connectivity index (χ1) is 15.4. The van der Waals surface area contributed by atoms with E-state index in [-0.39, 0.29) is 37.4 Å². The number of primary amides is 1. The summed E-state index contributed by atoms with van der Waals surface area (Å²) in [6.07, 6.45) is 3.56. The molecule has 2 aromatic carbocycles. The van der Waals surface area contributed by atoms with Crippen LogP contribution in [0.3, 0.4) is 0 Å². The van der Waals surface area contributed by atoms with Gasteiger partial charge in [-0.3, -0.25) is 9.59 Å². The molecule has 7 heteroatoms. The average molecular weight is 441 g/mol. The Labute approximate surface area is 187 Å². The largest absolute Gasteiger partial charge is 0.378 e. The highest BCUT2D eigenvalue weighted by atomic mass is 19.1. The summed E-state index contributed by atoms with van der Waals surface area (Å²) in [5.41, 5.74) is 7.23. The molecule has 2 aliphatic rings. The first-order valence-electron chi connectivity index (χ1n) is 11.1. The summed E-state index contributed by atoms with van der Waals surface area (Å²) in [5, 5.41) is 0. The molecule has 2 aromatic rings. The summed E-state index contributed by atoms with van der Waals surface area (Å²) < 4.78 is 24.7. The van der Waals surface area contributed by atoms with Gasteiger partial charge in [-0.15, -0.1) is 0 Å². The van der Waals surface area contributed by atoms with E-state index in [0.717, 1.165) is 36.1 Å². The number of carbonyl (C=O) groups is 2. The fraction of sp³-hybridized carbons (Fsp3) is 0.440. The van der Waals surface area contributed by atoms with Crippen molar-refractivity contribution in [3.63, 3.8) is 0 Å². The van der Waals surface area contributed by atoms with E-state index >= 15 is 0 Å². The van der Waals surface area contributed by atoms with Crippen molar-refractivity contribution in [1.82, 2.24) is 4.90 Å². The Morgan fingerprint density at radius 1 is 1.06 bits per heavy atom. The van der Waals surface area contributed by atoms with Crippen molar-refractivity contribution in [3.8, 4) is 11.1 Å². The lowest BCUT2D eigenvalue weighted by Crippen LogP contribution is -2.61. The summed E-state index contributed by atoms with van der Waals surface area (Å²) in [4.78, 5) is 26.9. The van der Waals surface area contributed by atoms with Gasteiger partial charge in [-0.1, -0.05) is 36.4 Å². The van der Waals surface area contributed by atoms with Crippen LogP contribution in [0.5, 0.6) is 0 Å². The smallest absolute Gasteiger partial charge is 0.251 e. The Bertz CT molecular complexity index is 941. The van der Waals surface area contributed by atoms with Gasteiger partial charge in [0.2, 0.25) is 5.91 Å². The number of hydrogen-bond donors (Lipinski definition) is 1. The Morgan fingerprint density at radius 3 is 2.38 bits per heavy atom. The summed E-state index contributed by atoms with van der Waals surface area (Å²) in [6.45, 7) is 1.62. The third-order valence-corrected chi connectivity index (χ3v) is 6.31. The van der Waals surface area contributed by atoms with Gasteiger partial charge in [0.15, 0.2) is 5.60 Å². The number of nitrogens with two attached hydrogens (primary N) is 1. The minimum Gasteiger partial charge on any atom is -0.378 e. The molecule has 2 amide bonds. The number of morpholine rings is 1. The number of ether oxygens (including phenoxy) is 2. The van der Waals surface area contributed by atoms with Gasteiger partial charge in [0.05, 0.1) is 19.3 Å². The fourth-order valence-corrected chi connectivity index (χ4v) is 4.44. The van der Waals surface area contributed by atoms with Gasteiger partial charge >= 0.3 is 0 Å². The normalized spacial score (nSPS) is 23.3. The standard InChI is InChI=1S/C25H29FN2O4/c26-21-9-7-20(8-10-21)19-5-3-18(4-6-19)16-25(24(27)30)17-28(13-15-32-25)23(29)12-11-22-2-1-14-31-22/h3-10,22H,1-2,11-17H2,(H2,27,30)/t22-,25-/m0/s1. The topological polar surface area (TPSA) is 81.9 Å². The SMILES string of the molecule is NC(=O)[C@]1(Cc2ccc(-c3ccc(F)cc3)cc2)CN(C(=O)CC[C@@H]2CCCO2)CCO1. The van der Waals surface area contributed by atoms with Crippen LogP contribution in [0.4, 0.5) is 4.39 Å². The number of hydrogen-bond acceptors (Lipinski definition) is 4. The van der Waals surface area contributed by atoms with Crippen LogP contribution in [0.15, 0.2) is 48.5 Å². The lowest BCUT2D eigenvalue weighted by atomic mass is 9.90. The highest BCUT2D eigenvalue weighted by Crippen LogP contribution is 2.27. The van der Waals surface area contributed by atoms with Crippen molar-refractivity contribution in [3.05, 3.63) is 59.9 Å². The zero-order valence-electron chi connectivity index (χ0n) is 18.1. The van der Waals surface area contributed by atoms with Gasteiger partial charge < -0.3 is 20.1 Å². The maximum atomic E-state index is 13.2. The second-order valence-corrected chi connectivity index (χ2v) is 8.58. The number of halogens is 1. The molecule has 2 saturated heterocycles. The molecule has 2 N–H and O–H groups in total. The van der Waals surface area contributed by atoms with Gasteiger partial charge in [0.1, 0.15) is 5.82 Å². The summed E-state index contributed by atoms with van der Waals surface area (Å²) in [7, 11) is 0. The molecule has 0 aliphatic carbocycles. The Morgan fingerprint density at radius 2 is 1.75 bits per heavy atom. The Balaban J connectivity index is 1.42. The first kappa shape index (κ1) is 22.4. The van der Waals surface area contributed by atoms with Crippen LogP contribution in [0.25, 0.3) is 11.1 Å². The van der Waals surface area contributed by atoms with E-state index in [4.69, 9.17) is 15.2 Å². The van der Waals surface area contributed by atoms with Crippen molar-refractivity contribution in [2.45, 2.75) is 43.8 Å². The predicted molar refractivity (Wildman–Crippen MR) is 118 cm³/mol. The first-order valence-corrected chi connectivity index (χ1v) is 11.1. The molecule has 2 heterocycles. The van der Waals surface area contributed by atoms with Crippen LogP contribution >= 0.6 is 0 Å². The fourth-order valence-electron chi connectivity index (χ4n) is 4.44. The molecule has 2 fully saturated rings. The molecule has 0 spiro atoms. The van der Waals surface area contributed by atoms with E-state index in [9.17, 15) is 14.0 Å². The molecule has 2 atom stereocenters. The molecule has 4 rings (SSSR count). The lowest BCUT2D eigenvalue weighted by molar-refractivity contribution is -0.163. The van der Waals surface area contributed by atoms with E-state index < -0.39 is 11.5 Å². The highest BCUT2D eigenvalue weighted by molar-refractivity contribution is 5.86. The van der Waals surface area contributed by atoms with Gasteiger partial charge in [-0.05, 0) is 48.1 Å². The van der Waals surface area contributed by atoms with Crippen molar-refractivity contribution < 1.29 is 23.5 Å². The van der Waals surface area contributed by atoms with Crippen LogP contribution in [0, 0.1) is 5.82 Å². The summed E-state index contributed by atoms with van der Waals surface area (Å²) >= 11 is 0. The minimum absolute atomic E-state index is 0.00100. The number of carbonyl (C=O) groups excluding carboxylic acids is 2. The molecule has 32 heavy (non-hydrogen) atoms. The quantitative estimate of drug-likeness (QED) is 0.717. The van der Waals surface area contributed by atoms with Crippen LogP contribution in [0.1, 0.15) is 31.2 Å². The molecular weight excluding hydrogens is 411 g/mol. The van der Waals surface area contributed by atoms with E-state index in [2.05, 4.69) is 0 Å². The third-order valence-electron chi connectivity index (χ3n) is 6.31. The number of benzene rings is 2. The van der Waals surface area contributed by atoms with E-state index in [1.807, 2.05) is 24.3 Å². The monoisotopic (exact) mass is 440 g/mol. The molecule has 0 saturated carbocycles. The molecule has 0 bridgehead atoms. The van der Waals surface area contributed by atoms with Crippen molar-refractivity contribution >= 4 is 11.8 Å². The molecule has 6 nitrogen and oxygen atoms in total. The Hall–Kier alpha value is -2.77. The summed E-state index contributed by atoms with van der Waals surface area (Å²) in [5.74, 6) is -0.851. The lowest BCUT2D eigenvalue weighted by Gasteiger charge is -2.41. The second kappa shape index (κ2) is 9.79. The van der Waals surface area contributed by atoms with Crippen molar-refractivity contribution in [2.75, 3.05) is 26.3 Å². The molecular formula is C25H29FN2O4. The summed E-state index contributed by atoms with van der Waals surface area (Å²) in [6, 6.07) is 13.9. The Kier molecular flexibility index (Phi) is 6.86.